The van der Waals surface area contributed by atoms with Gasteiger partial charge >= 0.3 is 0 Å². The van der Waals surface area contributed by atoms with Gasteiger partial charge in [0.25, 0.3) is 0 Å². The molecule has 1 aromatic rings. The zero-order valence-electron chi connectivity index (χ0n) is 14.9. The van der Waals surface area contributed by atoms with Crippen LogP contribution in [-0.2, 0) is 9.59 Å². The molecule has 6 nitrogen and oxygen atoms in total. The quantitative estimate of drug-likeness (QED) is 0.743. The van der Waals surface area contributed by atoms with Gasteiger partial charge in [0, 0.05) is 46.2 Å². The van der Waals surface area contributed by atoms with Crippen LogP contribution in [0.2, 0.25) is 0 Å². The van der Waals surface area contributed by atoms with Crippen LogP contribution in [0.5, 0.6) is 0 Å². The van der Waals surface area contributed by atoms with E-state index in [1.54, 1.807) is 11.9 Å². The van der Waals surface area contributed by atoms with E-state index in [4.69, 9.17) is 0 Å². The highest BCUT2D eigenvalue weighted by Gasteiger charge is 2.42. The molecule has 0 saturated carbocycles. The lowest BCUT2D eigenvalue weighted by Gasteiger charge is -2.27. The summed E-state index contributed by atoms with van der Waals surface area (Å²) >= 11 is 0. The van der Waals surface area contributed by atoms with Crippen LogP contribution in [0.25, 0.3) is 0 Å². The summed E-state index contributed by atoms with van der Waals surface area (Å²) in [7, 11) is 1.79. The van der Waals surface area contributed by atoms with Crippen LogP contribution in [-0.4, -0.2) is 67.9 Å². The first-order valence-electron chi connectivity index (χ1n) is 9.18. The molecule has 2 atom stereocenters. The van der Waals surface area contributed by atoms with Crippen molar-refractivity contribution in [2.75, 3.05) is 46.3 Å². The van der Waals surface area contributed by atoms with Gasteiger partial charge in [-0.1, -0.05) is 30.3 Å². The van der Waals surface area contributed by atoms with E-state index in [0.29, 0.717) is 13.0 Å². The van der Waals surface area contributed by atoms with Crippen molar-refractivity contribution in [3.63, 3.8) is 0 Å². The monoisotopic (exact) mass is 344 g/mol. The van der Waals surface area contributed by atoms with Gasteiger partial charge in [0.1, 0.15) is 0 Å². The van der Waals surface area contributed by atoms with Gasteiger partial charge in [0.05, 0.1) is 12.0 Å². The Morgan fingerprint density at radius 3 is 2.68 bits per heavy atom. The minimum absolute atomic E-state index is 0.00753. The molecule has 0 radical (unpaired) electrons. The van der Waals surface area contributed by atoms with Crippen LogP contribution in [0, 0.1) is 5.92 Å². The normalized spacial score (nSPS) is 24.5. The van der Waals surface area contributed by atoms with Gasteiger partial charge in [0.15, 0.2) is 0 Å². The van der Waals surface area contributed by atoms with Crippen LogP contribution in [0.1, 0.15) is 24.4 Å². The molecule has 0 spiro atoms. The second-order valence-corrected chi connectivity index (χ2v) is 6.91. The van der Waals surface area contributed by atoms with Crippen LogP contribution in [0.15, 0.2) is 30.3 Å². The summed E-state index contributed by atoms with van der Waals surface area (Å²) in [4.78, 5) is 28.9. The Balaban J connectivity index is 1.52. The molecular weight excluding hydrogens is 316 g/mol. The second-order valence-electron chi connectivity index (χ2n) is 6.91. The molecule has 25 heavy (non-hydrogen) atoms. The van der Waals surface area contributed by atoms with E-state index in [1.165, 1.54) is 0 Å². The average molecular weight is 344 g/mol. The maximum Gasteiger partial charge on any atom is 0.226 e. The highest BCUT2D eigenvalue weighted by Crippen LogP contribution is 2.36. The molecule has 0 aromatic heterocycles. The predicted molar refractivity (Wildman–Crippen MR) is 97.0 cm³/mol. The van der Waals surface area contributed by atoms with Crippen molar-refractivity contribution in [3.8, 4) is 0 Å². The number of carbonyl (C=O) groups is 2. The number of benzene rings is 1. The number of piperazine rings is 1. The summed E-state index contributed by atoms with van der Waals surface area (Å²) in [6.45, 7) is 5.91. The van der Waals surface area contributed by atoms with Gasteiger partial charge in [0.2, 0.25) is 11.8 Å². The van der Waals surface area contributed by atoms with E-state index >= 15 is 0 Å². The van der Waals surface area contributed by atoms with Crippen molar-refractivity contribution >= 4 is 11.8 Å². The lowest BCUT2D eigenvalue weighted by molar-refractivity contribution is -0.128. The standard InChI is InChI=1S/C19H28N4O2/c1-22-17(24)14-16(18(22)15-6-3-2-4-7-15)19(25)21-8-5-11-23-12-9-20-10-13-23/h2-4,6-7,16,18,20H,5,8-14H2,1H3,(H,21,25)/t16-,18-/m1/s1. The fourth-order valence-electron chi connectivity index (χ4n) is 3.79. The molecule has 2 aliphatic rings. The molecule has 1 aromatic carbocycles. The number of likely N-dealkylation sites (tertiary alicyclic amines) is 1. The highest BCUT2D eigenvalue weighted by molar-refractivity contribution is 5.90. The van der Waals surface area contributed by atoms with Crippen LogP contribution in [0.4, 0.5) is 0 Å². The number of hydrogen-bond donors (Lipinski definition) is 2. The van der Waals surface area contributed by atoms with Gasteiger partial charge in [-0.15, -0.1) is 0 Å². The average Bonchev–Trinajstić information content (AvgIpc) is 2.95. The number of nitrogens with one attached hydrogen (secondary N) is 2. The van der Waals surface area contributed by atoms with E-state index in [2.05, 4.69) is 15.5 Å². The van der Waals surface area contributed by atoms with Crippen molar-refractivity contribution in [2.45, 2.75) is 18.9 Å². The summed E-state index contributed by atoms with van der Waals surface area (Å²) in [5, 5.41) is 6.39. The molecule has 3 rings (SSSR count). The van der Waals surface area contributed by atoms with Crippen molar-refractivity contribution < 1.29 is 9.59 Å². The third-order valence-corrected chi connectivity index (χ3v) is 5.22. The summed E-state index contributed by atoms with van der Waals surface area (Å²) in [5.74, 6) is -0.277. The van der Waals surface area contributed by atoms with Crippen molar-refractivity contribution in [2.24, 2.45) is 5.92 Å². The fourth-order valence-corrected chi connectivity index (χ4v) is 3.79. The lowest BCUT2D eigenvalue weighted by Crippen LogP contribution is -2.44. The fraction of sp³-hybridized carbons (Fsp3) is 0.579. The molecular formula is C19H28N4O2. The summed E-state index contributed by atoms with van der Waals surface area (Å²) in [6, 6.07) is 9.67. The molecule has 2 aliphatic heterocycles. The van der Waals surface area contributed by atoms with E-state index in [9.17, 15) is 9.59 Å². The number of rotatable bonds is 6. The van der Waals surface area contributed by atoms with Crippen molar-refractivity contribution in [1.82, 2.24) is 20.4 Å². The SMILES string of the molecule is CN1C(=O)C[C@@H](C(=O)NCCCN2CCNCC2)[C@H]1c1ccccc1. The zero-order valence-corrected chi connectivity index (χ0v) is 14.9. The first kappa shape index (κ1) is 17.9. The topological polar surface area (TPSA) is 64.7 Å². The molecule has 2 heterocycles. The zero-order chi connectivity index (χ0) is 17.6. The predicted octanol–water partition coefficient (Wildman–Crippen LogP) is 0.618. The molecule has 0 aliphatic carbocycles. The van der Waals surface area contributed by atoms with Gasteiger partial charge < -0.3 is 20.4 Å². The molecule has 6 heteroatoms. The third-order valence-electron chi connectivity index (χ3n) is 5.22. The van der Waals surface area contributed by atoms with Gasteiger partial charge in [-0.3, -0.25) is 9.59 Å². The lowest BCUT2D eigenvalue weighted by atomic mass is 9.93. The third kappa shape index (κ3) is 4.38. The largest absolute Gasteiger partial charge is 0.356 e. The van der Waals surface area contributed by atoms with Crippen LogP contribution < -0.4 is 10.6 Å². The molecule has 136 valence electrons. The van der Waals surface area contributed by atoms with Crippen molar-refractivity contribution in [3.05, 3.63) is 35.9 Å². The minimum Gasteiger partial charge on any atom is -0.356 e. The number of amides is 2. The molecule has 0 unspecified atom stereocenters. The Morgan fingerprint density at radius 2 is 1.96 bits per heavy atom. The molecule has 2 amide bonds. The van der Waals surface area contributed by atoms with Gasteiger partial charge in [-0.2, -0.15) is 0 Å². The summed E-state index contributed by atoms with van der Waals surface area (Å²) < 4.78 is 0. The maximum atomic E-state index is 12.7. The molecule has 2 N–H and O–H groups in total. The van der Waals surface area contributed by atoms with E-state index in [1.807, 2.05) is 30.3 Å². The van der Waals surface area contributed by atoms with Crippen LogP contribution >= 0.6 is 0 Å². The van der Waals surface area contributed by atoms with Crippen molar-refractivity contribution in [1.29, 1.82) is 0 Å². The Bertz CT molecular complexity index is 586. The molecule has 0 bridgehead atoms. The minimum atomic E-state index is -0.306. The second kappa shape index (κ2) is 8.45. The first-order chi connectivity index (χ1) is 12.2. The number of hydrogen-bond acceptors (Lipinski definition) is 4. The van der Waals surface area contributed by atoms with Gasteiger partial charge in [-0.05, 0) is 18.5 Å². The van der Waals surface area contributed by atoms with E-state index in [0.717, 1.165) is 44.7 Å². The first-order valence-corrected chi connectivity index (χ1v) is 9.18. The van der Waals surface area contributed by atoms with Crippen LogP contribution in [0.3, 0.4) is 0 Å². The Hall–Kier alpha value is -1.92. The van der Waals surface area contributed by atoms with Gasteiger partial charge in [-0.25, -0.2) is 0 Å². The maximum absolute atomic E-state index is 12.7. The number of nitrogens with zero attached hydrogens (tertiary/aromatic N) is 2. The number of carbonyl (C=O) groups excluding carboxylic acids is 2. The summed E-state index contributed by atoms with van der Waals surface area (Å²) in [5.41, 5.74) is 1.02. The Morgan fingerprint density at radius 1 is 1.24 bits per heavy atom. The summed E-state index contributed by atoms with van der Waals surface area (Å²) in [6.07, 6.45) is 1.23. The molecule has 2 fully saturated rings. The Labute approximate surface area is 149 Å². The Kier molecular flexibility index (Phi) is 6.04. The van der Waals surface area contributed by atoms with E-state index < -0.39 is 0 Å². The van der Waals surface area contributed by atoms with E-state index in [-0.39, 0.29) is 23.8 Å². The smallest absolute Gasteiger partial charge is 0.226 e. The highest BCUT2D eigenvalue weighted by atomic mass is 16.2. The molecule has 2 saturated heterocycles.